The number of nitrogens with zero attached hydrogens (tertiary/aromatic N) is 2. The van der Waals surface area contributed by atoms with Gasteiger partial charge in [0.15, 0.2) is 0 Å². The molecule has 0 atom stereocenters. The topological polar surface area (TPSA) is 82.3 Å². The second-order valence-electron chi connectivity index (χ2n) is 2.77. The molecule has 0 aliphatic carbocycles. The number of aromatic nitrogens is 1. The van der Waals surface area contributed by atoms with Gasteiger partial charge in [-0.25, -0.2) is 18.6 Å². The maximum atomic E-state index is 12.8. The van der Waals surface area contributed by atoms with E-state index in [9.17, 15) is 23.7 Å². The largest absolute Gasteiger partial charge is 0.465 e. The molecule has 0 radical (unpaired) electrons. The molecular formula is C8H5BrF2N2O4. The van der Waals surface area contributed by atoms with Crippen LogP contribution >= 0.6 is 15.9 Å². The molecule has 0 aromatic carbocycles. The summed E-state index contributed by atoms with van der Waals surface area (Å²) in [4.78, 5) is 24.3. The molecule has 0 bridgehead atoms. The van der Waals surface area contributed by atoms with E-state index in [-0.39, 0.29) is 4.60 Å². The number of esters is 1. The van der Waals surface area contributed by atoms with Crippen molar-refractivity contribution in [3.8, 4) is 0 Å². The van der Waals surface area contributed by atoms with Gasteiger partial charge in [0.05, 0.1) is 12.0 Å². The Balaban J connectivity index is 3.60. The molecule has 92 valence electrons. The fourth-order valence-corrected chi connectivity index (χ4v) is 1.63. The number of hydrogen-bond acceptors (Lipinski definition) is 5. The predicted octanol–water partition coefficient (Wildman–Crippen LogP) is 2.48. The van der Waals surface area contributed by atoms with Crippen LogP contribution in [-0.2, 0) is 4.74 Å². The lowest BCUT2D eigenvalue weighted by molar-refractivity contribution is -0.386. The van der Waals surface area contributed by atoms with Crippen molar-refractivity contribution in [1.29, 1.82) is 0 Å². The standard InChI is InChI=1S/C8H5BrF2N2O4/c1-17-8(14)5-4(7(10)11)3(13(15)16)2-12-6(5)9/h2,7H,1H3. The van der Waals surface area contributed by atoms with Crippen LogP contribution < -0.4 is 0 Å². The number of nitro groups is 1. The molecule has 0 spiro atoms. The molecule has 0 unspecified atom stereocenters. The van der Waals surface area contributed by atoms with E-state index in [4.69, 9.17) is 0 Å². The van der Waals surface area contributed by atoms with E-state index in [0.717, 1.165) is 7.11 Å². The molecule has 0 amide bonds. The lowest BCUT2D eigenvalue weighted by atomic mass is 10.1. The van der Waals surface area contributed by atoms with Crippen molar-refractivity contribution >= 4 is 27.6 Å². The second-order valence-corrected chi connectivity index (χ2v) is 3.52. The van der Waals surface area contributed by atoms with E-state index in [1.165, 1.54) is 0 Å². The third kappa shape index (κ3) is 2.54. The van der Waals surface area contributed by atoms with Crippen LogP contribution in [0, 0.1) is 10.1 Å². The molecule has 0 aliphatic rings. The SMILES string of the molecule is COC(=O)c1c(Br)ncc([N+](=O)[O-])c1C(F)F. The number of ether oxygens (including phenoxy) is 1. The van der Waals surface area contributed by atoms with Crippen molar-refractivity contribution < 1.29 is 23.2 Å². The zero-order valence-electron chi connectivity index (χ0n) is 8.32. The Bertz CT molecular complexity index is 481. The number of alkyl halides is 2. The van der Waals surface area contributed by atoms with E-state index in [1.54, 1.807) is 0 Å². The highest BCUT2D eigenvalue weighted by molar-refractivity contribution is 9.10. The van der Waals surface area contributed by atoms with Crippen molar-refractivity contribution in [3.05, 3.63) is 32.0 Å². The summed E-state index contributed by atoms with van der Waals surface area (Å²) in [6.07, 6.45) is -2.54. The number of hydrogen-bond donors (Lipinski definition) is 0. The molecule has 9 heteroatoms. The number of pyridine rings is 1. The van der Waals surface area contributed by atoms with Crippen LogP contribution in [-0.4, -0.2) is 23.0 Å². The summed E-state index contributed by atoms with van der Waals surface area (Å²) in [7, 11) is 0.975. The lowest BCUT2D eigenvalue weighted by Crippen LogP contribution is -2.11. The van der Waals surface area contributed by atoms with Crippen molar-refractivity contribution in [2.45, 2.75) is 6.43 Å². The molecule has 0 fully saturated rings. The van der Waals surface area contributed by atoms with Gasteiger partial charge >= 0.3 is 5.97 Å². The number of halogens is 3. The van der Waals surface area contributed by atoms with Crippen LogP contribution in [0.25, 0.3) is 0 Å². The van der Waals surface area contributed by atoms with Gasteiger partial charge in [0.2, 0.25) is 0 Å². The first-order valence-corrected chi connectivity index (χ1v) is 4.88. The van der Waals surface area contributed by atoms with E-state index in [2.05, 4.69) is 25.7 Å². The van der Waals surface area contributed by atoms with E-state index < -0.39 is 34.1 Å². The first-order chi connectivity index (χ1) is 7.90. The van der Waals surface area contributed by atoms with Gasteiger partial charge in [-0.15, -0.1) is 0 Å². The van der Waals surface area contributed by atoms with Gasteiger partial charge in [-0.2, -0.15) is 0 Å². The third-order valence-electron chi connectivity index (χ3n) is 1.86. The number of rotatable bonds is 3. The van der Waals surface area contributed by atoms with Gasteiger partial charge in [-0.3, -0.25) is 10.1 Å². The molecule has 17 heavy (non-hydrogen) atoms. The Morgan fingerprint density at radius 1 is 1.65 bits per heavy atom. The van der Waals surface area contributed by atoms with Gasteiger partial charge in [0.1, 0.15) is 21.9 Å². The molecule has 1 aromatic rings. The lowest BCUT2D eigenvalue weighted by Gasteiger charge is -2.08. The first-order valence-electron chi connectivity index (χ1n) is 4.09. The van der Waals surface area contributed by atoms with Gasteiger partial charge in [-0.1, -0.05) is 0 Å². The quantitative estimate of drug-likeness (QED) is 0.371. The monoisotopic (exact) mass is 310 g/mol. The van der Waals surface area contributed by atoms with Crippen LogP contribution in [0.2, 0.25) is 0 Å². The summed E-state index contributed by atoms with van der Waals surface area (Å²) in [6, 6.07) is 0. The molecule has 0 aliphatic heterocycles. The van der Waals surface area contributed by atoms with Crippen molar-refractivity contribution in [1.82, 2.24) is 4.98 Å². The second kappa shape index (κ2) is 5.13. The Kier molecular flexibility index (Phi) is 4.05. The van der Waals surface area contributed by atoms with E-state index in [0.29, 0.717) is 6.20 Å². The zero-order chi connectivity index (χ0) is 13.2. The number of carbonyl (C=O) groups excluding carboxylic acids is 1. The zero-order valence-corrected chi connectivity index (χ0v) is 9.90. The van der Waals surface area contributed by atoms with Crippen LogP contribution in [0.15, 0.2) is 10.8 Å². The average Bonchev–Trinajstić information content (AvgIpc) is 2.26. The van der Waals surface area contributed by atoms with Crippen molar-refractivity contribution in [3.63, 3.8) is 0 Å². The fraction of sp³-hybridized carbons (Fsp3) is 0.250. The fourth-order valence-electron chi connectivity index (χ4n) is 1.15. The molecule has 1 rings (SSSR count). The summed E-state index contributed by atoms with van der Waals surface area (Å²) >= 11 is 2.77. The average molecular weight is 311 g/mol. The Morgan fingerprint density at radius 2 is 2.24 bits per heavy atom. The van der Waals surface area contributed by atoms with Crippen molar-refractivity contribution in [2.24, 2.45) is 0 Å². The molecule has 0 N–H and O–H groups in total. The third-order valence-corrected chi connectivity index (χ3v) is 2.46. The highest BCUT2D eigenvalue weighted by atomic mass is 79.9. The molecule has 0 saturated carbocycles. The summed E-state index contributed by atoms with van der Waals surface area (Å²) < 4.78 is 29.6. The Labute approximate surface area is 102 Å². The maximum absolute atomic E-state index is 12.8. The Morgan fingerprint density at radius 3 is 2.65 bits per heavy atom. The van der Waals surface area contributed by atoms with Crippen LogP contribution in [0.5, 0.6) is 0 Å². The minimum Gasteiger partial charge on any atom is -0.465 e. The number of carbonyl (C=O) groups is 1. The summed E-state index contributed by atoms with van der Waals surface area (Å²) in [5.41, 5.74) is -2.58. The minimum atomic E-state index is -3.19. The first kappa shape index (κ1) is 13.4. The molecule has 1 heterocycles. The molecule has 0 saturated heterocycles. The maximum Gasteiger partial charge on any atom is 0.341 e. The minimum absolute atomic E-state index is 0.231. The van der Waals surface area contributed by atoms with Gasteiger partial charge in [0, 0.05) is 0 Å². The van der Waals surface area contributed by atoms with Crippen LogP contribution in [0.1, 0.15) is 22.3 Å². The predicted molar refractivity (Wildman–Crippen MR) is 54.9 cm³/mol. The van der Waals surface area contributed by atoms with E-state index >= 15 is 0 Å². The highest BCUT2D eigenvalue weighted by Gasteiger charge is 2.32. The van der Waals surface area contributed by atoms with Gasteiger partial charge in [-0.05, 0) is 15.9 Å². The van der Waals surface area contributed by atoms with Crippen LogP contribution in [0.4, 0.5) is 14.5 Å². The summed E-state index contributed by atoms with van der Waals surface area (Å²) in [5.74, 6) is -1.12. The summed E-state index contributed by atoms with van der Waals surface area (Å²) in [5, 5.41) is 10.6. The normalized spacial score (nSPS) is 10.4. The van der Waals surface area contributed by atoms with Gasteiger partial charge < -0.3 is 4.74 Å². The molecule has 1 aromatic heterocycles. The van der Waals surface area contributed by atoms with Crippen molar-refractivity contribution in [2.75, 3.05) is 7.11 Å². The highest BCUT2D eigenvalue weighted by Crippen LogP contribution is 2.34. The summed E-state index contributed by atoms with van der Waals surface area (Å²) in [6.45, 7) is 0. The smallest absolute Gasteiger partial charge is 0.341 e. The van der Waals surface area contributed by atoms with Crippen LogP contribution in [0.3, 0.4) is 0 Å². The molecule has 6 nitrogen and oxygen atoms in total. The number of methoxy groups -OCH3 is 1. The van der Waals surface area contributed by atoms with Gasteiger partial charge in [0.25, 0.3) is 12.1 Å². The molecular weight excluding hydrogens is 306 g/mol. The van der Waals surface area contributed by atoms with E-state index in [1.807, 2.05) is 0 Å². The Hall–Kier alpha value is -1.64.